The first-order valence-electron chi connectivity index (χ1n) is 9.80. The largest absolute Gasteiger partial charge is 0.497 e. The molecule has 2 aromatic carbocycles. The standard InChI is InChI=1S/C24H20FNO5S/c1-13(27)19-20-21(28)17(24(29)30)12-26(11-15-5-3-4-6-18(15)25)23(20)32-22(19)14-7-9-16(31-2)10-8-14/h3-10,12-13,27H,11H2,1-2H3,(H,29,30). The van der Waals surface area contributed by atoms with Crippen LogP contribution in [0.5, 0.6) is 5.75 Å². The van der Waals surface area contributed by atoms with Crippen LogP contribution in [0.3, 0.4) is 0 Å². The van der Waals surface area contributed by atoms with E-state index < -0.39 is 28.9 Å². The third kappa shape index (κ3) is 3.79. The van der Waals surface area contributed by atoms with Crippen LogP contribution in [0.1, 0.15) is 34.5 Å². The van der Waals surface area contributed by atoms with Crippen molar-refractivity contribution in [3.8, 4) is 16.2 Å². The zero-order valence-corrected chi connectivity index (χ0v) is 18.1. The first-order valence-corrected chi connectivity index (χ1v) is 10.6. The Morgan fingerprint density at radius 3 is 2.47 bits per heavy atom. The van der Waals surface area contributed by atoms with Gasteiger partial charge < -0.3 is 19.5 Å². The van der Waals surface area contributed by atoms with Crippen molar-refractivity contribution in [3.63, 3.8) is 0 Å². The number of benzene rings is 2. The number of ether oxygens (including phenoxy) is 1. The molecule has 0 saturated carbocycles. The highest BCUT2D eigenvalue weighted by molar-refractivity contribution is 7.22. The monoisotopic (exact) mass is 453 g/mol. The van der Waals surface area contributed by atoms with Crippen molar-refractivity contribution >= 4 is 27.5 Å². The number of fused-ring (bicyclic) bond motifs is 1. The van der Waals surface area contributed by atoms with Gasteiger partial charge in [-0.15, -0.1) is 11.3 Å². The summed E-state index contributed by atoms with van der Waals surface area (Å²) < 4.78 is 21.1. The zero-order chi connectivity index (χ0) is 23.0. The Bertz CT molecular complexity index is 1370. The van der Waals surface area contributed by atoms with Gasteiger partial charge in [0, 0.05) is 22.2 Å². The molecule has 0 spiro atoms. The van der Waals surface area contributed by atoms with E-state index in [4.69, 9.17) is 4.74 Å². The van der Waals surface area contributed by atoms with E-state index in [1.54, 1.807) is 54.1 Å². The Balaban J connectivity index is 2.04. The molecule has 0 aliphatic heterocycles. The molecule has 6 nitrogen and oxygen atoms in total. The van der Waals surface area contributed by atoms with Gasteiger partial charge in [0.25, 0.3) is 0 Å². The molecule has 8 heteroatoms. The minimum Gasteiger partial charge on any atom is -0.497 e. The molecule has 4 aromatic rings. The highest BCUT2D eigenvalue weighted by Crippen LogP contribution is 2.41. The van der Waals surface area contributed by atoms with Gasteiger partial charge in [0.15, 0.2) is 0 Å². The van der Waals surface area contributed by atoms with Crippen molar-refractivity contribution in [2.45, 2.75) is 19.6 Å². The number of hydrogen-bond donors (Lipinski definition) is 2. The molecule has 2 N–H and O–H groups in total. The van der Waals surface area contributed by atoms with Gasteiger partial charge in [-0.2, -0.15) is 0 Å². The Hall–Kier alpha value is -3.49. The summed E-state index contributed by atoms with van der Waals surface area (Å²) in [7, 11) is 1.55. The molecule has 0 aliphatic rings. The number of carboxylic acid groups (broad SMARTS) is 1. The molecule has 0 fully saturated rings. The summed E-state index contributed by atoms with van der Waals surface area (Å²) in [6, 6.07) is 13.3. The van der Waals surface area contributed by atoms with Crippen LogP contribution in [0.2, 0.25) is 0 Å². The number of aliphatic hydroxyl groups is 1. The van der Waals surface area contributed by atoms with Gasteiger partial charge in [-0.1, -0.05) is 18.2 Å². The number of aromatic nitrogens is 1. The van der Waals surface area contributed by atoms with Crippen LogP contribution in [-0.4, -0.2) is 27.9 Å². The number of carboxylic acids is 1. The molecule has 0 aliphatic carbocycles. The van der Waals surface area contributed by atoms with E-state index in [1.807, 2.05) is 0 Å². The molecule has 0 bridgehead atoms. The van der Waals surface area contributed by atoms with Crippen molar-refractivity contribution in [1.82, 2.24) is 4.57 Å². The molecule has 2 heterocycles. The van der Waals surface area contributed by atoms with Crippen LogP contribution in [-0.2, 0) is 6.54 Å². The number of aliphatic hydroxyl groups excluding tert-OH is 1. The molecule has 0 saturated heterocycles. The van der Waals surface area contributed by atoms with Gasteiger partial charge in [-0.3, -0.25) is 4.79 Å². The number of methoxy groups -OCH3 is 1. The van der Waals surface area contributed by atoms with Crippen LogP contribution in [0.15, 0.2) is 59.5 Å². The lowest BCUT2D eigenvalue weighted by atomic mass is 10.0. The third-order valence-corrected chi connectivity index (χ3v) is 6.53. The van der Waals surface area contributed by atoms with Crippen molar-refractivity contribution in [2.24, 2.45) is 0 Å². The molecular weight excluding hydrogens is 433 g/mol. The van der Waals surface area contributed by atoms with Gasteiger partial charge >= 0.3 is 5.97 Å². The van der Waals surface area contributed by atoms with E-state index in [0.29, 0.717) is 26.6 Å². The van der Waals surface area contributed by atoms with E-state index >= 15 is 0 Å². The predicted molar refractivity (Wildman–Crippen MR) is 121 cm³/mol. The first kappa shape index (κ1) is 21.7. The van der Waals surface area contributed by atoms with E-state index in [0.717, 1.165) is 5.56 Å². The van der Waals surface area contributed by atoms with Gasteiger partial charge in [0.05, 0.1) is 25.1 Å². The Morgan fingerprint density at radius 1 is 1.19 bits per heavy atom. The number of nitrogens with zero attached hydrogens (tertiary/aromatic N) is 1. The number of halogens is 1. The van der Waals surface area contributed by atoms with Gasteiger partial charge in [0.2, 0.25) is 5.43 Å². The minimum atomic E-state index is -1.38. The maximum absolute atomic E-state index is 14.3. The number of hydrogen-bond acceptors (Lipinski definition) is 5. The summed E-state index contributed by atoms with van der Waals surface area (Å²) in [5.74, 6) is -1.16. The first-order chi connectivity index (χ1) is 15.3. The fourth-order valence-electron chi connectivity index (χ4n) is 3.70. The number of pyridine rings is 1. The second kappa shape index (κ2) is 8.57. The second-order valence-corrected chi connectivity index (χ2v) is 8.32. The number of aromatic carboxylic acids is 1. The predicted octanol–water partition coefficient (Wildman–Crippen LogP) is 4.68. The fraction of sp³-hybridized carbons (Fsp3) is 0.167. The Morgan fingerprint density at radius 2 is 1.88 bits per heavy atom. The average Bonchev–Trinajstić information content (AvgIpc) is 3.18. The SMILES string of the molecule is COc1ccc(-c2sc3c(c2C(C)O)c(=O)c(C(=O)O)cn3Cc2ccccc2F)cc1. The molecule has 4 rings (SSSR count). The van der Waals surface area contributed by atoms with E-state index in [1.165, 1.54) is 30.5 Å². The summed E-state index contributed by atoms with van der Waals surface area (Å²) in [4.78, 5) is 26.0. The maximum atomic E-state index is 14.3. The second-order valence-electron chi connectivity index (χ2n) is 7.33. The molecule has 2 aromatic heterocycles. The summed E-state index contributed by atoms with van der Waals surface area (Å²) in [5, 5.41) is 20.3. The minimum absolute atomic E-state index is 0.0333. The third-order valence-electron chi connectivity index (χ3n) is 5.24. The van der Waals surface area contributed by atoms with Crippen LogP contribution < -0.4 is 10.2 Å². The molecule has 1 atom stereocenters. The lowest BCUT2D eigenvalue weighted by Gasteiger charge is -2.12. The Labute approximate surface area is 186 Å². The van der Waals surface area contributed by atoms with Crippen molar-refractivity contribution in [3.05, 3.63) is 87.5 Å². The average molecular weight is 453 g/mol. The molecule has 1 unspecified atom stereocenters. The highest BCUT2D eigenvalue weighted by Gasteiger charge is 2.25. The quantitative estimate of drug-likeness (QED) is 0.443. The normalized spacial score (nSPS) is 12.1. The van der Waals surface area contributed by atoms with Crippen molar-refractivity contribution in [1.29, 1.82) is 0 Å². The van der Waals surface area contributed by atoms with E-state index in [2.05, 4.69) is 0 Å². The van der Waals surface area contributed by atoms with Crippen LogP contribution in [0, 0.1) is 5.82 Å². The topological polar surface area (TPSA) is 88.8 Å². The maximum Gasteiger partial charge on any atom is 0.341 e. The fourth-order valence-corrected chi connectivity index (χ4v) is 5.07. The number of carbonyl (C=O) groups is 1. The van der Waals surface area contributed by atoms with Crippen LogP contribution >= 0.6 is 11.3 Å². The molecule has 164 valence electrons. The number of thiophene rings is 1. The van der Waals surface area contributed by atoms with Crippen molar-refractivity contribution < 1.29 is 24.1 Å². The van der Waals surface area contributed by atoms with E-state index in [-0.39, 0.29) is 11.9 Å². The van der Waals surface area contributed by atoms with Gasteiger partial charge in [-0.25, -0.2) is 9.18 Å². The smallest absolute Gasteiger partial charge is 0.341 e. The molecule has 0 amide bonds. The number of rotatable bonds is 6. The summed E-state index contributed by atoms with van der Waals surface area (Å²) in [5.41, 5.74) is 0.341. The van der Waals surface area contributed by atoms with E-state index in [9.17, 15) is 24.2 Å². The lowest BCUT2D eigenvalue weighted by Crippen LogP contribution is -2.19. The Kier molecular flexibility index (Phi) is 5.82. The molecule has 0 radical (unpaired) electrons. The zero-order valence-electron chi connectivity index (χ0n) is 17.3. The van der Waals surface area contributed by atoms with Gasteiger partial charge in [0.1, 0.15) is 22.0 Å². The lowest BCUT2D eigenvalue weighted by molar-refractivity contribution is 0.0694. The molecule has 32 heavy (non-hydrogen) atoms. The summed E-state index contributed by atoms with van der Waals surface area (Å²) in [6.45, 7) is 1.56. The highest BCUT2D eigenvalue weighted by atomic mass is 32.1. The van der Waals surface area contributed by atoms with Crippen LogP contribution in [0.4, 0.5) is 4.39 Å². The summed E-state index contributed by atoms with van der Waals surface area (Å²) in [6.07, 6.45) is 0.207. The summed E-state index contributed by atoms with van der Waals surface area (Å²) >= 11 is 1.25. The van der Waals surface area contributed by atoms with Crippen molar-refractivity contribution in [2.75, 3.05) is 7.11 Å². The van der Waals surface area contributed by atoms with Crippen LogP contribution in [0.25, 0.3) is 20.7 Å². The molecular formula is C24H20FNO5S. The van der Waals surface area contributed by atoms with Gasteiger partial charge in [-0.05, 0) is 42.8 Å².